The summed E-state index contributed by atoms with van der Waals surface area (Å²) in [5.74, 6) is 1.83. The Morgan fingerprint density at radius 2 is 2.14 bits per heavy atom. The first-order valence-corrected chi connectivity index (χ1v) is 8.11. The minimum absolute atomic E-state index is 0.0851. The molecule has 0 aliphatic heterocycles. The van der Waals surface area contributed by atoms with E-state index < -0.39 is 0 Å². The van der Waals surface area contributed by atoms with Crippen LogP contribution in [-0.2, 0) is 6.42 Å². The number of rotatable bonds is 5. The molecule has 0 spiro atoms. The second kappa shape index (κ2) is 7.06. The van der Waals surface area contributed by atoms with E-state index in [9.17, 15) is 4.79 Å². The lowest BCUT2D eigenvalue weighted by atomic mass is 10.1. The van der Waals surface area contributed by atoms with Crippen LogP contribution in [0.5, 0.6) is 5.75 Å². The van der Waals surface area contributed by atoms with Gasteiger partial charge in [0.2, 0.25) is 0 Å². The van der Waals surface area contributed by atoms with Crippen molar-refractivity contribution in [3.05, 3.63) is 43.9 Å². The van der Waals surface area contributed by atoms with Gasteiger partial charge in [0.25, 0.3) is 5.56 Å². The largest absolute Gasteiger partial charge is 0.494 e. The zero-order valence-electron chi connectivity index (χ0n) is 12.4. The Balaban J connectivity index is 2.46. The van der Waals surface area contributed by atoms with Crippen molar-refractivity contribution in [2.24, 2.45) is 5.92 Å². The number of benzene rings is 1. The molecule has 0 atom stereocenters. The molecule has 1 heterocycles. The standard InChI is InChI=1S/C16H19IN2O2/c1-4-21-12-7-5-6-11(9-12)15-18-13(8-10(2)3)14(17)16(20)19-15/h5-7,9-10H,4,8H2,1-3H3,(H,18,19,20). The average molecular weight is 398 g/mol. The molecular weight excluding hydrogens is 379 g/mol. The van der Waals surface area contributed by atoms with Crippen LogP contribution in [0.25, 0.3) is 11.4 Å². The van der Waals surface area contributed by atoms with Crippen molar-refractivity contribution in [2.45, 2.75) is 27.2 Å². The van der Waals surface area contributed by atoms with Crippen molar-refractivity contribution in [1.29, 1.82) is 0 Å². The smallest absolute Gasteiger partial charge is 0.264 e. The van der Waals surface area contributed by atoms with Gasteiger partial charge in [-0.3, -0.25) is 4.79 Å². The third-order valence-corrected chi connectivity index (χ3v) is 4.06. The zero-order chi connectivity index (χ0) is 15.4. The predicted octanol–water partition coefficient (Wildman–Crippen LogP) is 3.64. The van der Waals surface area contributed by atoms with E-state index in [-0.39, 0.29) is 5.56 Å². The highest BCUT2D eigenvalue weighted by Crippen LogP contribution is 2.22. The number of H-pyrrole nitrogens is 1. The molecule has 0 fully saturated rings. The number of aromatic amines is 1. The van der Waals surface area contributed by atoms with Gasteiger partial charge in [-0.15, -0.1) is 0 Å². The maximum atomic E-state index is 12.1. The Kier molecular flexibility index (Phi) is 5.39. The van der Waals surface area contributed by atoms with E-state index >= 15 is 0 Å². The van der Waals surface area contributed by atoms with Gasteiger partial charge in [-0.1, -0.05) is 26.0 Å². The van der Waals surface area contributed by atoms with E-state index in [0.717, 1.165) is 23.4 Å². The maximum absolute atomic E-state index is 12.1. The third-order valence-electron chi connectivity index (χ3n) is 2.95. The third kappa shape index (κ3) is 4.06. The van der Waals surface area contributed by atoms with E-state index in [1.807, 2.05) is 31.2 Å². The van der Waals surface area contributed by atoms with Gasteiger partial charge in [0.15, 0.2) is 0 Å². The molecule has 21 heavy (non-hydrogen) atoms. The van der Waals surface area contributed by atoms with Crippen LogP contribution < -0.4 is 10.3 Å². The molecule has 5 heteroatoms. The fourth-order valence-electron chi connectivity index (χ4n) is 2.06. The van der Waals surface area contributed by atoms with Crippen molar-refractivity contribution < 1.29 is 4.74 Å². The van der Waals surface area contributed by atoms with Crippen LogP contribution in [0.3, 0.4) is 0 Å². The Bertz CT molecular complexity index is 680. The number of hydrogen-bond donors (Lipinski definition) is 1. The molecule has 0 bridgehead atoms. The summed E-state index contributed by atoms with van der Waals surface area (Å²) in [4.78, 5) is 19.6. The van der Waals surface area contributed by atoms with E-state index in [1.54, 1.807) is 0 Å². The molecule has 1 aromatic heterocycles. The molecule has 0 aliphatic carbocycles. The van der Waals surface area contributed by atoms with E-state index in [1.165, 1.54) is 0 Å². The number of nitrogens with zero attached hydrogens (tertiary/aromatic N) is 1. The first kappa shape index (κ1) is 16.0. The molecule has 2 aromatic rings. The summed E-state index contributed by atoms with van der Waals surface area (Å²) >= 11 is 2.06. The molecule has 0 saturated carbocycles. The Hall–Kier alpha value is -1.37. The number of ether oxygens (including phenoxy) is 1. The Labute approximate surface area is 138 Å². The molecule has 112 valence electrons. The van der Waals surface area contributed by atoms with Gasteiger partial charge in [0, 0.05) is 5.56 Å². The highest BCUT2D eigenvalue weighted by Gasteiger charge is 2.12. The summed E-state index contributed by atoms with van der Waals surface area (Å²) in [6.45, 7) is 6.79. The first-order valence-electron chi connectivity index (χ1n) is 7.03. The number of hydrogen-bond acceptors (Lipinski definition) is 3. The van der Waals surface area contributed by atoms with Gasteiger partial charge < -0.3 is 9.72 Å². The second-order valence-electron chi connectivity index (χ2n) is 5.23. The second-order valence-corrected chi connectivity index (χ2v) is 6.31. The minimum Gasteiger partial charge on any atom is -0.494 e. The lowest BCUT2D eigenvalue weighted by molar-refractivity contribution is 0.340. The molecule has 0 saturated heterocycles. The van der Waals surface area contributed by atoms with E-state index in [4.69, 9.17) is 4.74 Å². The van der Waals surface area contributed by atoms with Gasteiger partial charge in [0.1, 0.15) is 11.6 Å². The summed E-state index contributed by atoms with van der Waals surface area (Å²) in [5, 5.41) is 0. The topological polar surface area (TPSA) is 55.0 Å². The van der Waals surface area contributed by atoms with Gasteiger partial charge in [-0.2, -0.15) is 0 Å². The van der Waals surface area contributed by atoms with Gasteiger partial charge in [-0.25, -0.2) is 4.98 Å². The van der Waals surface area contributed by atoms with Gasteiger partial charge >= 0.3 is 0 Å². The van der Waals surface area contributed by atoms with E-state index in [2.05, 4.69) is 46.4 Å². The van der Waals surface area contributed by atoms with Gasteiger partial charge in [-0.05, 0) is 54.0 Å². The van der Waals surface area contributed by atoms with Crippen LogP contribution in [0.1, 0.15) is 26.5 Å². The van der Waals surface area contributed by atoms with Crippen LogP contribution >= 0.6 is 22.6 Å². The van der Waals surface area contributed by atoms with Crippen LogP contribution in [0.4, 0.5) is 0 Å². The zero-order valence-corrected chi connectivity index (χ0v) is 14.6. The highest BCUT2D eigenvalue weighted by atomic mass is 127. The molecule has 0 radical (unpaired) electrons. The van der Waals surface area contributed by atoms with Crippen molar-refractivity contribution in [2.75, 3.05) is 6.61 Å². The van der Waals surface area contributed by atoms with Crippen molar-refractivity contribution >= 4 is 22.6 Å². The van der Waals surface area contributed by atoms with Crippen LogP contribution in [0.2, 0.25) is 0 Å². The lowest BCUT2D eigenvalue weighted by Crippen LogP contribution is -2.17. The van der Waals surface area contributed by atoms with E-state index in [0.29, 0.717) is 21.9 Å². The van der Waals surface area contributed by atoms with Crippen molar-refractivity contribution in [3.8, 4) is 17.1 Å². The summed E-state index contributed by atoms with van der Waals surface area (Å²) < 4.78 is 6.17. The van der Waals surface area contributed by atoms with Crippen LogP contribution in [-0.4, -0.2) is 16.6 Å². The van der Waals surface area contributed by atoms with Crippen molar-refractivity contribution in [3.63, 3.8) is 0 Å². The lowest BCUT2D eigenvalue weighted by Gasteiger charge is -2.10. The molecule has 1 N–H and O–H groups in total. The molecule has 0 amide bonds. The fourth-order valence-corrected chi connectivity index (χ4v) is 2.54. The number of nitrogens with one attached hydrogen (secondary N) is 1. The highest BCUT2D eigenvalue weighted by molar-refractivity contribution is 14.1. The molecule has 0 aliphatic rings. The molecule has 0 unspecified atom stereocenters. The molecule has 1 aromatic carbocycles. The monoisotopic (exact) mass is 398 g/mol. The van der Waals surface area contributed by atoms with Crippen LogP contribution in [0.15, 0.2) is 29.1 Å². The molecule has 4 nitrogen and oxygen atoms in total. The summed E-state index contributed by atoms with van der Waals surface area (Å²) in [6.07, 6.45) is 0.792. The number of halogens is 1. The Morgan fingerprint density at radius 1 is 1.38 bits per heavy atom. The SMILES string of the molecule is CCOc1cccc(-c2nc(CC(C)C)c(I)c(=O)[nH]2)c1. The summed E-state index contributed by atoms with van der Waals surface area (Å²) in [5.41, 5.74) is 1.63. The predicted molar refractivity (Wildman–Crippen MR) is 92.7 cm³/mol. The van der Waals surface area contributed by atoms with Crippen LogP contribution in [0, 0.1) is 9.49 Å². The minimum atomic E-state index is -0.0851. The molecule has 2 rings (SSSR count). The first-order chi connectivity index (χ1) is 10.0. The van der Waals surface area contributed by atoms with Crippen molar-refractivity contribution in [1.82, 2.24) is 9.97 Å². The summed E-state index contributed by atoms with van der Waals surface area (Å²) in [6, 6.07) is 7.62. The van der Waals surface area contributed by atoms with Gasteiger partial charge in [0.05, 0.1) is 15.9 Å². The summed E-state index contributed by atoms with van der Waals surface area (Å²) in [7, 11) is 0. The molecular formula is C16H19IN2O2. The maximum Gasteiger partial charge on any atom is 0.264 e. The number of aromatic nitrogens is 2. The normalized spacial score (nSPS) is 10.9. The average Bonchev–Trinajstić information content (AvgIpc) is 2.44. The Morgan fingerprint density at radius 3 is 2.81 bits per heavy atom. The quantitative estimate of drug-likeness (QED) is 0.783. The fraction of sp³-hybridized carbons (Fsp3) is 0.375.